The number of nitriles is 1. The molecule has 0 spiro atoms. The predicted octanol–water partition coefficient (Wildman–Crippen LogP) is 3.33. The first kappa shape index (κ1) is 13.2. The highest BCUT2D eigenvalue weighted by Gasteiger charge is 2.00. The van der Waals surface area contributed by atoms with Crippen LogP contribution in [-0.2, 0) is 6.42 Å². The molecular formula is C14H14N4S. The fourth-order valence-corrected chi connectivity index (χ4v) is 2.31. The van der Waals surface area contributed by atoms with Crippen LogP contribution in [0.4, 0.5) is 5.13 Å². The van der Waals surface area contributed by atoms with Gasteiger partial charge in [0.2, 0.25) is 5.13 Å². The number of benzene rings is 1. The monoisotopic (exact) mass is 270 g/mol. The minimum atomic E-state index is 0.678. The van der Waals surface area contributed by atoms with Crippen LogP contribution in [0, 0.1) is 18.3 Å². The van der Waals surface area contributed by atoms with Crippen LogP contribution in [0.25, 0.3) is 0 Å². The van der Waals surface area contributed by atoms with Gasteiger partial charge in [-0.05, 0) is 36.6 Å². The summed E-state index contributed by atoms with van der Waals surface area (Å²) >= 11 is 1.52. The van der Waals surface area contributed by atoms with Gasteiger partial charge in [0.15, 0.2) is 0 Å². The molecule has 0 atom stereocenters. The SMILES string of the molecule is CCc1cc(C#N)ccc1C=NNc1nc(C)cs1. The van der Waals surface area contributed by atoms with Crippen LogP contribution in [0.3, 0.4) is 0 Å². The van der Waals surface area contributed by atoms with Gasteiger partial charge in [0.05, 0.1) is 23.5 Å². The van der Waals surface area contributed by atoms with E-state index in [0.717, 1.165) is 28.4 Å². The summed E-state index contributed by atoms with van der Waals surface area (Å²) in [7, 11) is 0. The zero-order valence-corrected chi connectivity index (χ0v) is 11.7. The van der Waals surface area contributed by atoms with Gasteiger partial charge in [-0.15, -0.1) is 11.3 Å². The Balaban J connectivity index is 2.12. The standard InChI is InChI=1S/C14H14N4S/c1-3-12-6-11(7-15)4-5-13(12)8-16-18-14-17-10(2)9-19-14/h4-6,8-9H,3H2,1-2H3,(H,17,18). The number of nitrogens with one attached hydrogen (secondary N) is 1. The van der Waals surface area contributed by atoms with Crippen molar-refractivity contribution in [2.45, 2.75) is 20.3 Å². The van der Waals surface area contributed by atoms with E-state index in [2.05, 4.69) is 28.5 Å². The molecule has 0 saturated heterocycles. The predicted molar refractivity (Wildman–Crippen MR) is 78.6 cm³/mol. The van der Waals surface area contributed by atoms with E-state index in [9.17, 15) is 0 Å². The van der Waals surface area contributed by atoms with Gasteiger partial charge in [-0.3, -0.25) is 5.43 Å². The van der Waals surface area contributed by atoms with Crippen LogP contribution in [-0.4, -0.2) is 11.2 Å². The Labute approximate surface area is 116 Å². The maximum Gasteiger partial charge on any atom is 0.203 e. The van der Waals surface area contributed by atoms with Crippen molar-refractivity contribution in [3.63, 3.8) is 0 Å². The van der Waals surface area contributed by atoms with Gasteiger partial charge in [-0.2, -0.15) is 10.4 Å². The molecular weight excluding hydrogens is 256 g/mol. The molecule has 1 N–H and O–H groups in total. The minimum Gasteiger partial charge on any atom is -0.253 e. The van der Waals surface area contributed by atoms with Crippen molar-refractivity contribution in [2.24, 2.45) is 5.10 Å². The summed E-state index contributed by atoms with van der Waals surface area (Å²) in [6.45, 7) is 4.01. The van der Waals surface area contributed by atoms with Gasteiger partial charge in [0, 0.05) is 5.38 Å². The molecule has 0 bridgehead atoms. The molecule has 4 nitrogen and oxygen atoms in total. The molecule has 0 unspecified atom stereocenters. The first-order valence-corrected chi connectivity index (χ1v) is 6.85. The second kappa shape index (κ2) is 6.12. The average molecular weight is 270 g/mol. The van der Waals surface area contributed by atoms with E-state index in [1.807, 2.05) is 24.4 Å². The van der Waals surface area contributed by atoms with Gasteiger partial charge in [-0.25, -0.2) is 4.98 Å². The molecule has 0 aliphatic heterocycles. The second-order valence-corrected chi connectivity index (χ2v) is 4.90. The number of aromatic nitrogens is 1. The van der Waals surface area contributed by atoms with E-state index in [1.165, 1.54) is 11.3 Å². The van der Waals surface area contributed by atoms with Gasteiger partial charge in [0.1, 0.15) is 0 Å². The maximum atomic E-state index is 8.87. The third kappa shape index (κ3) is 3.39. The Morgan fingerprint density at radius 2 is 2.37 bits per heavy atom. The number of rotatable bonds is 4. The average Bonchev–Trinajstić information content (AvgIpc) is 2.84. The van der Waals surface area contributed by atoms with Crippen LogP contribution in [0.2, 0.25) is 0 Å². The molecule has 0 saturated carbocycles. The summed E-state index contributed by atoms with van der Waals surface area (Å²) in [4.78, 5) is 4.26. The van der Waals surface area contributed by atoms with Crippen LogP contribution in [0.1, 0.15) is 29.3 Å². The fourth-order valence-electron chi connectivity index (χ4n) is 1.67. The topological polar surface area (TPSA) is 61.1 Å². The second-order valence-electron chi connectivity index (χ2n) is 4.04. The minimum absolute atomic E-state index is 0.678. The first-order valence-electron chi connectivity index (χ1n) is 5.97. The number of aryl methyl sites for hydroxylation is 2. The van der Waals surface area contributed by atoms with Gasteiger partial charge >= 0.3 is 0 Å². The zero-order chi connectivity index (χ0) is 13.7. The van der Waals surface area contributed by atoms with E-state index >= 15 is 0 Å². The molecule has 0 radical (unpaired) electrons. The number of anilines is 1. The fraction of sp³-hybridized carbons (Fsp3) is 0.214. The summed E-state index contributed by atoms with van der Waals surface area (Å²) < 4.78 is 0. The lowest BCUT2D eigenvalue weighted by atomic mass is 10.0. The first-order chi connectivity index (χ1) is 9.22. The van der Waals surface area contributed by atoms with Crippen molar-refractivity contribution in [3.05, 3.63) is 46.0 Å². The van der Waals surface area contributed by atoms with E-state index in [4.69, 9.17) is 5.26 Å². The van der Waals surface area contributed by atoms with E-state index in [0.29, 0.717) is 5.56 Å². The lowest BCUT2D eigenvalue weighted by Crippen LogP contribution is -1.95. The van der Waals surface area contributed by atoms with Crippen molar-refractivity contribution in [1.29, 1.82) is 5.26 Å². The molecule has 1 heterocycles. The molecule has 19 heavy (non-hydrogen) atoms. The number of hydrogen-bond acceptors (Lipinski definition) is 5. The van der Waals surface area contributed by atoms with Crippen molar-refractivity contribution < 1.29 is 0 Å². The molecule has 1 aromatic heterocycles. The summed E-state index contributed by atoms with van der Waals surface area (Å²) in [6.07, 6.45) is 2.63. The molecule has 0 aliphatic rings. The quantitative estimate of drug-likeness (QED) is 0.684. The molecule has 96 valence electrons. The number of nitrogens with zero attached hydrogens (tertiary/aromatic N) is 3. The smallest absolute Gasteiger partial charge is 0.203 e. The summed E-state index contributed by atoms with van der Waals surface area (Å²) in [5, 5.41) is 15.8. The summed E-state index contributed by atoms with van der Waals surface area (Å²) in [5.41, 5.74) is 6.69. The molecule has 0 aliphatic carbocycles. The molecule has 1 aromatic carbocycles. The van der Waals surface area contributed by atoms with E-state index in [1.54, 1.807) is 12.3 Å². The Kier molecular flexibility index (Phi) is 4.26. The Morgan fingerprint density at radius 3 is 3.00 bits per heavy atom. The highest BCUT2D eigenvalue weighted by Crippen LogP contribution is 2.14. The molecule has 2 rings (SSSR count). The lowest BCUT2D eigenvalue weighted by molar-refractivity contribution is 1.13. The van der Waals surface area contributed by atoms with Gasteiger partial charge < -0.3 is 0 Å². The Bertz CT molecular complexity index is 637. The molecule has 0 fully saturated rings. The highest BCUT2D eigenvalue weighted by molar-refractivity contribution is 7.13. The molecule has 0 amide bonds. The highest BCUT2D eigenvalue weighted by atomic mass is 32.1. The normalized spacial score (nSPS) is 10.6. The van der Waals surface area contributed by atoms with E-state index in [-0.39, 0.29) is 0 Å². The van der Waals surface area contributed by atoms with Crippen LogP contribution in [0.15, 0.2) is 28.7 Å². The number of hydrazone groups is 1. The van der Waals surface area contributed by atoms with Crippen molar-refractivity contribution in [1.82, 2.24) is 4.98 Å². The number of hydrogen-bond donors (Lipinski definition) is 1. The number of thiazole rings is 1. The molecule has 2 aromatic rings. The van der Waals surface area contributed by atoms with Crippen LogP contribution < -0.4 is 5.43 Å². The zero-order valence-electron chi connectivity index (χ0n) is 10.8. The molecule has 5 heteroatoms. The summed E-state index contributed by atoms with van der Waals surface area (Å²) in [5.74, 6) is 0. The van der Waals surface area contributed by atoms with Gasteiger partial charge in [-0.1, -0.05) is 13.0 Å². The largest absolute Gasteiger partial charge is 0.253 e. The van der Waals surface area contributed by atoms with Crippen molar-refractivity contribution >= 4 is 22.7 Å². The third-order valence-electron chi connectivity index (χ3n) is 2.64. The Morgan fingerprint density at radius 1 is 1.53 bits per heavy atom. The summed E-state index contributed by atoms with van der Waals surface area (Å²) in [6, 6.07) is 7.75. The van der Waals surface area contributed by atoms with E-state index < -0.39 is 0 Å². The van der Waals surface area contributed by atoms with Crippen molar-refractivity contribution in [2.75, 3.05) is 5.43 Å². The van der Waals surface area contributed by atoms with Crippen LogP contribution >= 0.6 is 11.3 Å². The maximum absolute atomic E-state index is 8.87. The lowest BCUT2D eigenvalue weighted by Gasteiger charge is -2.03. The Hall–Kier alpha value is -2.19. The third-order valence-corrected chi connectivity index (χ3v) is 3.50. The van der Waals surface area contributed by atoms with Gasteiger partial charge in [0.25, 0.3) is 0 Å². The van der Waals surface area contributed by atoms with Crippen LogP contribution in [0.5, 0.6) is 0 Å². The van der Waals surface area contributed by atoms with Crippen molar-refractivity contribution in [3.8, 4) is 6.07 Å².